The van der Waals surface area contributed by atoms with E-state index in [9.17, 15) is 19.2 Å². The number of carbonyl (C=O) groups is 2. The molecular weight excluding hydrogens is 478 g/mol. The second-order valence-electron chi connectivity index (χ2n) is 7.33. The van der Waals surface area contributed by atoms with Crippen LogP contribution in [0.25, 0.3) is 0 Å². The van der Waals surface area contributed by atoms with Crippen LogP contribution < -0.4 is 16.4 Å². The Kier molecular flexibility index (Phi) is 10.1. The number of carboxylic acids is 1. The summed E-state index contributed by atoms with van der Waals surface area (Å²) in [4.78, 5) is 46.6. The minimum atomic E-state index is -1.24. The number of tetrazole rings is 1. The molecule has 0 aliphatic rings. The Bertz CT molecular complexity index is 1330. The molecule has 0 radical (unpaired) electrons. The molecule has 3 aromatic rings. The van der Waals surface area contributed by atoms with E-state index < -0.39 is 23.0 Å². The summed E-state index contributed by atoms with van der Waals surface area (Å²) in [5.41, 5.74) is -0.356. The molecule has 0 fully saturated rings. The van der Waals surface area contributed by atoms with Crippen LogP contribution in [0.5, 0.6) is 0 Å². The Morgan fingerprint density at radius 2 is 1.44 bits per heavy atom. The maximum Gasteiger partial charge on any atom is 0.341 e. The van der Waals surface area contributed by atoms with Gasteiger partial charge in [0.05, 0.1) is 37.7 Å². The lowest BCUT2D eigenvalue weighted by Gasteiger charge is -2.08. The molecule has 194 valence electrons. The minimum Gasteiger partial charge on any atom is -0.477 e. The molecule has 0 saturated heterocycles. The molecule has 16 nitrogen and oxygen atoms in total. The number of aromatic carboxylic acids is 1. The Labute approximate surface area is 204 Å². The third-order valence-corrected chi connectivity index (χ3v) is 4.53. The van der Waals surface area contributed by atoms with Crippen molar-refractivity contribution < 1.29 is 24.2 Å². The topological polar surface area (TPSA) is 198 Å². The van der Waals surface area contributed by atoms with Crippen molar-refractivity contribution >= 4 is 17.8 Å². The van der Waals surface area contributed by atoms with Gasteiger partial charge in [-0.15, -0.1) is 0 Å². The summed E-state index contributed by atoms with van der Waals surface area (Å²) in [6.45, 7) is 4.48. The molecule has 3 aromatic heterocycles. The number of nitrogens with zero attached hydrogens (tertiary/aromatic N) is 8. The highest BCUT2D eigenvalue weighted by Crippen LogP contribution is 2.02. The fourth-order valence-electron chi connectivity index (χ4n) is 2.83. The summed E-state index contributed by atoms with van der Waals surface area (Å²) < 4.78 is 13.3. The maximum atomic E-state index is 12.2. The van der Waals surface area contributed by atoms with E-state index in [4.69, 9.17) is 14.6 Å². The first kappa shape index (κ1) is 27.9. The summed E-state index contributed by atoms with van der Waals surface area (Å²) >= 11 is 0. The first-order chi connectivity index (χ1) is 17.1. The third-order valence-electron chi connectivity index (χ3n) is 4.53. The van der Waals surface area contributed by atoms with Crippen LogP contribution in [0.15, 0.2) is 21.7 Å². The quantitative estimate of drug-likeness (QED) is 0.355. The van der Waals surface area contributed by atoms with Gasteiger partial charge in [-0.3, -0.25) is 19.7 Å². The zero-order valence-electron chi connectivity index (χ0n) is 20.5. The number of methoxy groups -OCH3 is 2. The average molecular weight is 505 g/mol. The first-order valence-electron chi connectivity index (χ1n) is 10.5. The number of aryl methyl sites for hydroxylation is 3. The second kappa shape index (κ2) is 13.0. The number of hydrogen-bond acceptors (Lipinski definition) is 11. The van der Waals surface area contributed by atoms with Crippen molar-refractivity contribution in [3.8, 4) is 0 Å². The number of carboxylic acid groups (broad SMARTS) is 1. The van der Waals surface area contributed by atoms with E-state index in [0.29, 0.717) is 24.6 Å². The fraction of sp³-hybridized carbons (Fsp3) is 0.450. The number of hydrogen-bond donors (Lipinski definition) is 2. The number of anilines is 1. The van der Waals surface area contributed by atoms with Crippen molar-refractivity contribution in [3.05, 3.63) is 55.4 Å². The highest BCUT2D eigenvalue weighted by Gasteiger charge is 2.17. The molecule has 0 unspecified atom stereocenters. The molecule has 0 spiro atoms. The largest absolute Gasteiger partial charge is 0.477 e. The number of ether oxygens (including phenoxy) is 2. The van der Waals surface area contributed by atoms with Crippen molar-refractivity contribution in [2.75, 3.05) is 32.8 Å². The summed E-state index contributed by atoms with van der Waals surface area (Å²) in [5.74, 6) is -1.68. The SMILES string of the molecule is COCCn1nc(C)cc(C(=O)Nc2nnnn2C)c1=O.COCCn1nc(C)cc(C(=O)O)c1=O. The standard InChI is InChI=1S/C11H15N7O3.C9H12N2O4/c1-7-6-8(10(20)18(14-7)4-5-21-3)9(19)12-11-13-15-16-17(11)2;1-6-5-7(9(13)14)8(12)11(10-6)3-4-15-2/h6H,4-5H2,1-3H3,(H,12,13,16,19);5H,3-4H2,1-2H3,(H,13,14). The maximum absolute atomic E-state index is 12.2. The van der Waals surface area contributed by atoms with Crippen molar-refractivity contribution in [2.24, 2.45) is 7.05 Å². The predicted octanol–water partition coefficient (Wildman–Crippen LogP) is -1.13. The molecule has 0 bridgehead atoms. The van der Waals surface area contributed by atoms with E-state index in [0.717, 1.165) is 4.68 Å². The highest BCUT2D eigenvalue weighted by atomic mass is 16.5. The lowest BCUT2D eigenvalue weighted by atomic mass is 10.2. The second-order valence-corrected chi connectivity index (χ2v) is 7.33. The molecule has 3 rings (SSSR count). The highest BCUT2D eigenvalue weighted by molar-refractivity contribution is 6.03. The van der Waals surface area contributed by atoms with Crippen LogP contribution in [-0.2, 0) is 29.6 Å². The summed E-state index contributed by atoms with van der Waals surface area (Å²) in [7, 11) is 4.60. The Balaban J connectivity index is 0.000000269. The van der Waals surface area contributed by atoms with Crippen LogP contribution in [0.2, 0.25) is 0 Å². The van der Waals surface area contributed by atoms with Gasteiger partial charge in [0.15, 0.2) is 0 Å². The van der Waals surface area contributed by atoms with Crippen LogP contribution in [0.4, 0.5) is 5.95 Å². The number of rotatable bonds is 9. The molecule has 1 amide bonds. The van der Waals surface area contributed by atoms with Crippen molar-refractivity contribution in [3.63, 3.8) is 0 Å². The van der Waals surface area contributed by atoms with E-state index in [-0.39, 0.29) is 30.2 Å². The van der Waals surface area contributed by atoms with Gasteiger partial charge in [0.25, 0.3) is 17.0 Å². The number of aromatic nitrogens is 8. The monoisotopic (exact) mass is 505 g/mol. The van der Waals surface area contributed by atoms with Gasteiger partial charge in [0.2, 0.25) is 5.95 Å². The lowest BCUT2D eigenvalue weighted by Crippen LogP contribution is -2.32. The molecule has 36 heavy (non-hydrogen) atoms. The van der Waals surface area contributed by atoms with Crippen LogP contribution in [0.3, 0.4) is 0 Å². The van der Waals surface area contributed by atoms with E-state index in [1.54, 1.807) is 20.9 Å². The molecule has 0 saturated carbocycles. The molecule has 0 aliphatic carbocycles. The van der Waals surface area contributed by atoms with Crippen LogP contribution >= 0.6 is 0 Å². The van der Waals surface area contributed by atoms with Gasteiger partial charge in [-0.25, -0.2) is 18.8 Å². The number of amides is 1. The van der Waals surface area contributed by atoms with Crippen molar-refractivity contribution in [1.29, 1.82) is 0 Å². The third kappa shape index (κ3) is 7.34. The average Bonchev–Trinajstić information content (AvgIpc) is 3.23. The Morgan fingerprint density at radius 1 is 0.944 bits per heavy atom. The van der Waals surface area contributed by atoms with Crippen LogP contribution in [0.1, 0.15) is 32.1 Å². The van der Waals surface area contributed by atoms with Gasteiger partial charge in [-0.05, 0) is 36.4 Å². The minimum absolute atomic E-state index is 0.0263. The molecule has 16 heteroatoms. The van der Waals surface area contributed by atoms with Crippen molar-refractivity contribution in [1.82, 2.24) is 39.8 Å². The Morgan fingerprint density at radius 3 is 1.89 bits per heavy atom. The summed E-state index contributed by atoms with van der Waals surface area (Å²) in [6.07, 6.45) is 0. The molecule has 3 heterocycles. The van der Waals surface area contributed by atoms with Gasteiger partial charge in [-0.2, -0.15) is 10.2 Å². The van der Waals surface area contributed by atoms with Gasteiger partial charge >= 0.3 is 5.97 Å². The van der Waals surface area contributed by atoms with Crippen LogP contribution in [0, 0.1) is 13.8 Å². The van der Waals surface area contributed by atoms with E-state index in [1.165, 1.54) is 35.7 Å². The zero-order valence-corrected chi connectivity index (χ0v) is 20.5. The fourth-order valence-corrected chi connectivity index (χ4v) is 2.83. The predicted molar refractivity (Wildman–Crippen MR) is 124 cm³/mol. The Hall–Kier alpha value is -4.31. The molecular formula is C20H27N9O7. The van der Waals surface area contributed by atoms with E-state index >= 15 is 0 Å². The van der Waals surface area contributed by atoms with Crippen LogP contribution in [-0.4, -0.2) is 84.2 Å². The molecule has 0 aromatic carbocycles. The van der Waals surface area contributed by atoms with E-state index in [1.807, 2.05) is 0 Å². The smallest absolute Gasteiger partial charge is 0.341 e. The van der Waals surface area contributed by atoms with Gasteiger partial charge in [0, 0.05) is 21.3 Å². The molecule has 2 N–H and O–H groups in total. The normalized spacial score (nSPS) is 10.5. The number of carbonyl (C=O) groups excluding carboxylic acids is 1. The lowest BCUT2D eigenvalue weighted by molar-refractivity contribution is 0.0692. The molecule has 0 aliphatic heterocycles. The summed E-state index contributed by atoms with van der Waals surface area (Å²) in [6, 6.07) is 2.68. The van der Waals surface area contributed by atoms with Gasteiger partial charge in [0.1, 0.15) is 11.1 Å². The van der Waals surface area contributed by atoms with Gasteiger partial charge in [-0.1, -0.05) is 5.10 Å². The van der Waals surface area contributed by atoms with Crippen molar-refractivity contribution in [2.45, 2.75) is 26.9 Å². The summed E-state index contributed by atoms with van der Waals surface area (Å²) in [5, 5.41) is 29.8. The first-order valence-corrected chi connectivity index (χ1v) is 10.5. The van der Waals surface area contributed by atoms with Gasteiger partial charge < -0.3 is 14.6 Å². The zero-order chi connectivity index (χ0) is 26.8. The number of nitrogens with one attached hydrogen (secondary N) is 1. The van der Waals surface area contributed by atoms with E-state index in [2.05, 4.69) is 31.0 Å². The molecule has 0 atom stereocenters.